The highest BCUT2D eigenvalue weighted by molar-refractivity contribution is 5.90. The van der Waals surface area contributed by atoms with Crippen molar-refractivity contribution < 1.29 is 9.90 Å². The van der Waals surface area contributed by atoms with Crippen LogP contribution in [0.15, 0.2) is 24.3 Å². The van der Waals surface area contributed by atoms with Crippen molar-refractivity contribution in [1.29, 1.82) is 0 Å². The molecule has 0 spiro atoms. The molecule has 0 aromatic heterocycles. The van der Waals surface area contributed by atoms with E-state index in [-0.39, 0.29) is 0 Å². The first-order valence-corrected chi connectivity index (χ1v) is 4.12. The minimum absolute atomic E-state index is 0.371. The number of carboxylic acid groups (broad SMARTS) is 1. The SMILES string of the molecule is C/C=C/c1cccc(C(=O)O)c1C. The van der Waals surface area contributed by atoms with E-state index in [2.05, 4.69) is 0 Å². The van der Waals surface area contributed by atoms with Gasteiger partial charge in [0, 0.05) is 0 Å². The molecule has 0 atom stereocenters. The van der Waals surface area contributed by atoms with E-state index in [0.717, 1.165) is 11.1 Å². The number of carboxylic acids is 1. The van der Waals surface area contributed by atoms with E-state index in [1.165, 1.54) is 0 Å². The van der Waals surface area contributed by atoms with Crippen molar-refractivity contribution in [1.82, 2.24) is 0 Å². The fourth-order valence-corrected chi connectivity index (χ4v) is 1.25. The van der Waals surface area contributed by atoms with Crippen molar-refractivity contribution >= 4 is 12.0 Å². The van der Waals surface area contributed by atoms with Gasteiger partial charge in [0.25, 0.3) is 0 Å². The highest BCUT2D eigenvalue weighted by Gasteiger charge is 2.07. The summed E-state index contributed by atoms with van der Waals surface area (Å²) in [6.07, 6.45) is 3.80. The molecule has 0 heterocycles. The van der Waals surface area contributed by atoms with Crippen LogP contribution in [0.25, 0.3) is 6.08 Å². The Kier molecular flexibility index (Phi) is 2.85. The summed E-state index contributed by atoms with van der Waals surface area (Å²) in [7, 11) is 0. The zero-order chi connectivity index (χ0) is 9.84. The number of hydrogen-bond acceptors (Lipinski definition) is 1. The van der Waals surface area contributed by atoms with Crippen LogP contribution < -0.4 is 0 Å². The van der Waals surface area contributed by atoms with Gasteiger partial charge >= 0.3 is 5.97 Å². The van der Waals surface area contributed by atoms with Crippen LogP contribution in [0.4, 0.5) is 0 Å². The summed E-state index contributed by atoms with van der Waals surface area (Å²) in [5, 5.41) is 8.83. The van der Waals surface area contributed by atoms with E-state index in [4.69, 9.17) is 5.11 Å². The second-order valence-electron chi connectivity index (χ2n) is 2.82. The first-order valence-electron chi connectivity index (χ1n) is 4.12. The smallest absolute Gasteiger partial charge is 0.335 e. The van der Waals surface area contributed by atoms with Crippen LogP contribution in [-0.2, 0) is 0 Å². The summed E-state index contributed by atoms with van der Waals surface area (Å²) in [6.45, 7) is 3.73. The predicted molar refractivity (Wildman–Crippen MR) is 52.8 cm³/mol. The van der Waals surface area contributed by atoms with Crippen molar-refractivity contribution in [2.24, 2.45) is 0 Å². The third kappa shape index (κ3) is 1.96. The molecule has 1 aromatic rings. The van der Waals surface area contributed by atoms with Gasteiger partial charge in [0.05, 0.1) is 5.56 Å². The van der Waals surface area contributed by atoms with Gasteiger partial charge in [-0.1, -0.05) is 24.3 Å². The minimum Gasteiger partial charge on any atom is -0.478 e. The van der Waals surface area contributed by atoms with Gasteiger partial charge in [-0.05, 0) is 31.0 Å². The van der Waals surface area contributed by atoms with E-state index in [1.807, 2.05) is 32.1 Å². The van der Waals surface area contributed by atoms with Gasteiger partial charge in [-0.3, -0.25) is 0 Å². The van der Waals surface area contributed by atoms with Gasteiger partial charge in [0.15, 0.2) is 0 Å². The molecule has 0 bridgehead atoms. The van der Waals surface area contributed by atoms with Crippen LogP contribution in [-0.4, -0.2) is 11.1 Å². The van der Waals surface area contributed by atoms with Crippen LogP contribution >= 0.6 is 0 Å². The highest BCUT2D eigenvalue weighted by atomic mass is 16.4. The molecule has 0 fully saturated rings. The molecule has 0 aliphatic rings. The normalized spacial score (nSPS) is 10.6. The third-order valence-electron chi connectivity index (χ3n) is 1.95. The Hall–Kier alpha value is -1.57. The highest BCUT2D eigenvalue weighted by Crippen LogP contribution is 2.14. The van der Waals surface area contributed by atoms with Crippen LogP contribution in [0.5, 0.6) is 0 Å². The fraction of sp³-hybridized carbons (Fsp3) is 0.182. The summed E-state index contributed by atoms with van der Waals surface area (Å²) in [4.78, 5) is 10.8. The van der Waals surface area contributed by atoms with E-state index in [1.54, 1.807) is 12.1 Å². The summed E-state index contributed by atoms with van der Waals surface area (Å²) in [6, 6.07) is 5.28. The molecule has 1 N–H and O–H groups in total. The van der Waals surface area contributed by atoms with E-state index in [0.29, 0.717) is 5.56 Å². The second kappa shape index (κ2) is 3.90. The molecule has 68 valence electrons. The third-order valence-corrected chi connectivity index (χ3v) is 1.95. The summed E-state index contributed by atoms with van der Waals surface area (Å²) in [5.74, 6) is -0.871. The molecule has 0 amide bonds. The molecule has 2 nitrogen and oxygen atoms in total. The molecular weight excluding hydrogens is 164 g/mol. The molecule has 0 saturated heterocycles. The first-order chi connectivity index (χ1) is 6.16. The Labute approximate surface area is 77.5 Å². The summed E-state index contributed by atoms with van der Waals surface area (Å²) >= 11 is 0. The predicted octanol–water partition coefficient (Wildman–Crippen LogP) is 2.73. The average Bonchev–Trinajstić information content (AvgIpc) is 2.08. The molecule has 0 aliphatic carbocycles. The number of benzene rings is 1. The molecule has 1 rings (SSSR count). The van der Waals surface area contributed by atoms with Gasteiger partial charge in [0.2, 0.25) is 0 Å². The fourth-order valence-electron chi connectivity index (χ4n) is 1.25. The van der Waals surface area contributed by atoms with E-state index < -0.39 is 5.97 Å². The number of hydrogen-bond donors (Lipinski definition) is 1. The number of carbonyl (C=O) groups is 1. The maximum absolute atomic E-state index is 10.8. The quantitative estimate of drug-likeness (QED) is 0.752. The molecule has 0 aliphatic heterocycles. The van der Waals surface area contributed by atoms with Gasteiger partial charge in [0.1, 0.15) is 0 Å². The van der Waals surface area contributed by atoms with Crippen LogP contribution in [0.2, 0.25) is 0 Å². The number of allylic oxidation sites excluding steroid dienone is 1. The lowest BCUT2D eigenvalue weighted by molar-refractivity contribution is 0.0696. The van der Waals surface area contributed by atoms with Crippen LogP contribution in [0.3, 0.4) is 0 Å². The Morgan fingerprint density at radius 1 is 1.46 bits per heavy atom. The zero-order valence-electron chi connectivity index (χ0n) is 7.74. The lowest BCUT2D eigenvalue weighted by Gasteiger charge is -2.03. The molecule has 0 radical (unpaired) electrons. The van der Waals surface area contributed by atoms with Crippen molar-refractivity contribution in [3.8, 4) is 0 Å². The van der Waals surface area contributed by atoms with E-state index >= 15 is 0 Å². The Balaban J connectivity index is 3.26. The standard InChI is InChI=1S/C11H12O2/c1-3-5-9-6-4-7-10(8(9)2)11(12)13/h3-7H,1-2H3,(H,12,13)/b5-3+. The van der Waals surface area contributed by atoms with Gasteiger partial charge < -0.3 is 5.11 Å². The van der Waals surface area contributed by atoms with Crippen molar-refractivity contribution in [3.05, 3.63) is 41.0 Å². The zero-order valence-corrected chi connectivity index (χ0v) is 7.74. The molecule has 0 unspecified atom stereocenters. The average molecular weight is 176 g/mol. The maximum atomic E-state index is 10.8. The lowest BCUT2D eigenvalue weighted by atomic mass is 10.0. The lowest BCUT2D eigenvalue weighted by Crippen LogP contribution is -2.00. The summed E-state index contributed by atoms with van der Waals surface area (Å²) in [5.41, 5.74) is 2.14. The number of aromatic carboxylic acids is 1. The van der Waals surface area contributed by atoms with Gasteiger partial charge in [-0.2, -0.15) is 0 Å². The molecule has 13 heavy (non-hydrogen) atoms. The first kappa shape index (κ1) is 9.52. The van der Waals surface area contributed by atoms with Gasteiger partial charge in [-0.25, -0.2) is 4.79 Å². The van der Waals surface area contributed by atoms with Gasteiger partial charge in [-0.15, -0.1) is 0 Å². The minimum atomic E-state index is -0.871. The monoisotopic (exact) mass is 176 g/mol. The van der Waals surface area contributed by atoms with Crippen LogP contribution in [0, 0.1) is 6.92 Å². The molecule has 2 heteroatoms. The maximum Gasteiger partial charge on any atom is 0.335 e. The topological polar surface area (TPSA) is 37.3 Å². The largest absolute Gasteiger partial charge is 0.478 e. The molecule has 0 saturated carbocycles. The Bertz CT molecular complexity index is 351. The summed E-state index contributed by atoms with van der Waals surface area (Å²) < 4.78 is 0. The van der Waals surface area contributed by atoms with Crippen molar-refractivity contribution in [2.45, 2.75) is 13.8 Å². The molecular formula is C11H12O2. The second-order valence-corrected chi connectivity index (χ2v) is 2.82. The van der Waals surface area contributed by atoms with Crippen LogP contribution in [0.1, 0.15) is 28.4 Å². The van der Waals surface area contributed by atoms with Crippen molar-refractivity contribution in [3.63, 3.8) is 0 Å². The molecule has 1 aromatic carbocycles. The number of rotatable bonds is 2. The van der Waals surface area contributed by atoms with E-state index in [9.17, 15) is 4.79 Å². The Morgan fingerprint density at radius 3 is 2.69 bits per heavy atom. The van der Waals surface area contributed by atoms with Crippen molar-refractivity contribution in [2.75, 3.05) is 0 Å². The Morgan fingerprint density at radius 2 is 2.15 bits per heavy atom.